The molecule has 0 radical (unpaired) electrons. The summed E-state index contributed by atoms with van der Waals surface area (Å²) in [6, 6.07) is 15.7. The number of hydrogen-bond acceptors (Lipinski definition) is 4. The van der Waals surface area contributed by atoms with Crippen LogP contribution in [0.3, 0.4) is 0 Å². The molecule has 5 rings (SSSR count). The summed E-state index contributed by atoms with van der Waals surface area (Å²) < 4.78 is 3.76. The smallest absolute Gasteiger partial charge is 0.257 e. The molecule has 28 heavy (non-hydrogen) atoms. The van der Waals surface area contributed by atoms with Crippen LogP contribution in [0.25, 0.3) is 11.3 Å². The first-order chi connectivity index (χ1) is 13.8. The summed E-state index contributed by atoms with van der Waals surface area (Å²) in [5.74, 6) is 1.12. The lowest BCUT2D eigenvalue weighted by Crippen LogP contribution is -2.39. The number of likely N-dealkylation sites (tertiary alicyclic amines) is 1. The van der Waals surface area contributed by atoms with Gasteiger partial charge in [0.2, 0.25) is 0 Å². The van der Waals surface area contributed by atoms with Gasteiger partial charge in [-0.15, -0.1) is 10.2 Å². The van der Waals surface area contributed by atoms with E-state index in [1.54, 1.807) is 17.1 Å². The molecule has 1 aliphatic heterocycles. The highest BCUT2D eigenvalue weighted by molar-refractivity contribution is 5.94. The van der Waals surface area contributed by atoms with Crippen LogP contribution in [0.2, 0.25) is 0 Å². The number of amides is 1. The first-order valence-electron chi connectivity index (χ1n) is 9.48. The largest absolute Gasteiger partial charge is 0.338 e. The van der Waals surface area contributed by atoms with Crippen molar-refractivity contribution in [3.05, 3.63) is 78.5 Å². The molecule has 1 aromatic carbocycles. The van der Waals surface area contributed by atoms with Gasteiger partial charge in [-0.25, -0.2) is 4.68 Å². The van der Waals surface area contributed by atoms with Crippen molar-refractivity contribution in [1.29, 1.82) is 0 Å². The van der Waals surface area contributed by atoms with Gasteiger partial charge in [-0.05, 0) is 37.1 Å². The van der Waals surface area contributed by atoms with Crippen LogP contribution in [0.5, 0.6) is 0 Å². The number of pyridine rings is 1. The number of hydrogen-bond donors (Lipinski definition) is 0. The van der Waals surface area contributed by atoms with Crippen molar-refractivity contribution in [3.63, 3.8) is 0 Å². The van der Waals surface area contributed by atoms with E-state index >= 15 is 0 Å². The van der Waals surface area contributed by atoms with Gasteiger partial charge in [-0.3, -0.25) is 9.20 Å². The number of fused-ring (bicyclic) bond motifs is 1. The third kappa shape index (κ3) is 2.94. The van der Waals surface area contributed by atoms with Gasteiger partial charge in [-0.2, -0.15) is 5.10 Å². The maximum atomic E-state index is 13.1. The van der Waals surface area contributed by atoms with Crippen molar-refractivity contribution in [2.75, 3.05) is 13.1 Å². The summed E-state index contributed by atoms with van der Waals surface area (Å²) >= 11 is 0. The zero-order valence-electron chi connectivity index (χ0n) is 15.3. The highest BCUT2D eigenvalue weighted by atomic mass is 16.2. The minimum absolute atomic E-state index is 0.0145. The first kappa shape index (κ1) is 16.7. The number of nitrogens with zero attached hydrogens (tertiary/aromatic N) is 6. The molecule has 0 spiro atoms. The number of rotatable bonds is 3. The lowest BCUT2D eigenvalue weighted by Gasteiger charge is -2.31. The van der Waals surface area contributed by atoms with E-state index in [1.165, 1.54) is 0 Å². The minimum Gasteiger partial charge on any atom is -0.338 e. The summed E-state index contributed by atoms with van der Waals surface area (Å²) in [7, 11) is 0. The molecule has 1 saturated heterocycles. The summed E-state index contributed by atoms with van der Waals surface area (Å²) in [5, 5.41) is 13.0. The highest BCUT2D eigenvalue weighted by Crippen LogP contribution is 2.27. The van der Waals surface area contributed by atoms with Gasteiger partial charge in [0.25, 0.3) is 5.91 Å². The molecule has 4 heterocycles. The van der Waals surface area contributed by atoms with Crippen LogP contribution in [0.15, 0.2) is 67.1 Å². The molecule has 140 valence electrons. The molecular weight excluding hydrogens is 352 g/mol. The van der Waals surface area contributed by atoms with Crippen molar-refractivity contribution in [2.24, 2.45) is 0 Å². The third-order valence-corrected chi connectivity index (χ3v) is 5.26. The molecule has 1 aliphatic rings. The zero-order chi connectivity index (χ0) is 18.9. The normalized spacial score (nSPS) is 17.1. The van der Waals surface area contributed by atoms with E-state index in [9.17, 15) is 4.79 Å². The lowest BCUT2D eigenvalue weighted by molar-refractivity contribution is 0.0704. The van der Waals surface area contributed by atoms with Crippen LogP contribution < -0.4 is 0 Å². The van der Waals surface area contributed by atoms with Gasteiger partial charge in [-0.1, -0.05) is 24.3 Å². The molecule has 1 amide bonds. The van der Waals surface area contributed by atoms with Crippen LogP contribution in [0.1, 0.15) is 34.9 Å². The van der Waals surface area contributed by atoms with E-state index in [0.29, 0.717) is 12.1 Å². The molecule has 0 N–H and O–H groups in total. The Morgan fingerprint density at radius 2 is 1.89 bits per heavy atom. The Balaban J connectivity index is 1.36. The fraction of sp³-hybridized carbons (Fsp3) is 0.238. The summed E-state index contributed by atoms with van der Waals surface area (Å²) in [4.78, 5) is 15.0. The van der Waals surface area contributed by atoms with Crippen LogP contribution in [0, 0.1) is 0 Å². The maximum absolute atomic E-state index is 13.1. The molecule has 3 aromatic heterocycles. The Morgan fingerprint density at radius 3 is 2.79 bits per heavy atom. The molecule has 1 fully saturated rings. The van der Waals surface area contributed by atoms with Crippen LogP contribution in [-0.2, 0) is 0 Å². The van der Waals surface area contributed by atoms with Gasteiger partial charge in [0.05, 0.1) is 17.4 Å². The molecule has 7 nitrogen and oxygen atoms in total. The van der Waals surface area contributed by atoms with E-state index in [-0.39, 0.29) is 11.8 Å². The number of piperidine rings is 1. The van der Waals surface area contributed by atoms with Gasteiger partial charge in [0.1, 0.15) is 5.82 Å². The molecule has 7 heteroatoms. The molecule has 0 unspecified atom stereocenters. The fourth-order valence-electron chi connectivity index (χ4n) is 3.85. The second kappa shape index (κ2) is 6.92. The van der Waals surface area contributed by atoms with E-state index in [1.807, 2.05) is 64.0 Å². The Morgan fingerprint density at radius 1 is 1.04 bits per heavy atom. The molecule has 0 aliphatic carbocycles. The van der Waals surface area contributed by atoms with Crippen LogP contribution in [-0.4, -0.2) is 48.3 Å². The third-order valence-electron chi connectivity index (χ3n) is 5.26. The molecular formula is C21H20N6O. The quantitative estimate of drug-likeness (QED) is 0.554. The van der Waals surface area contributed by atoms with Crippen molar-refractivity contribution < 1.29 is 4.79 Å². The summed E-state index contributed by atoms with van der Waals surface area (Å²) in [6.07, 6.45) is 7.38. The Labute approximate surface area is 162 Å². The average Bonchev–Trinajstić information content (AvgIpc) is 3.42. The van der Waals surface area contributed by atoms with Crippen molar-refractivity contribution >= 4 is 11.6 Å². The second-order valence-electron chi connectivity index (χ2n) is 7.09. The Kier molecular flexibility index (Phi) is 4.12. The number of carbonyl (C=O) groups is 1. The van der Waals surface area contributed by atoms with Crippen molar-refractivity contribution in [2.45, 2.75) is 18.8 Å². The number of para-hydroxylation sites is 1. The van der Waals surface area contributed by atoms with Crippen molar-refractivity contribution in [3.8, 4) is 5.69 Å². The maximum Gasteiger partial charge on any atom is 0.257 e. The topological polar surface area (TPSA) is 68.3 Å². The van der Waals surface area contributed by atoms with Gasteiger partial charge in [0, 0.05) is 31.4 Å². The Bertz CT molecular complexity index is 1120. The first-order valence-corrected chi connectivity index (χ1v) is 9.48. The van der Waals surface area contributed by atoms with E-state index < -0.39 is 0 Å². The lowest BCUT2D eigenvalue weighted by atomic mass is 9.96. The van der Waals surface area contributed by atoms with Gasteiger partial charge in [0.15, 0.2) is 5.65 Å². The minimum atomic E-state index is 0.0145. The van der Waals surface area contributed by atoms with E-state index in [4.69, 9.17) is 0 Å². The van der Waals surface area contributed by atoms with E-state index in [0.717, 1.165) is 36.5 Å². The average molecular weight is 372 g/mol. The SMILES string of the molecule is O=C(c1cnn(-c2ccccc2)c1)N1CCC[C@@H](c2nnc3ccccn23)C1. The number of carbonyl (C=O) groups excluding carboxylic acids is 1. The number of aromatic nitrogens is 5. The highest BCUT2D eigenvalue weighted by Gasteiger charge is 2.29. The fourth-order valence-corrected chi connectivity index (χ4v) is 3.85. The zero-order valence-corrected chi connectivity index (χ0v) is 15.3. The van der Waals surface area contributed by atoms with Crippen LogP contribution in [0.4, 0.5) is 0 Å². The summed E-state index contributed by atoms with van der Waals surface area (Å²) in [6.45, 7) is 1.40. The molecule has 0 bridgehead atoms. The predicted octanol–water partition coefficient (Wildman–Crippen LogP) is 2.93. The monoisotopic (exact) mass is 372 g/mol. The Hall–Kier alpha value is -3.48. The summed E-state index contributed by atoms with van der Waals surface area (Å²) in [5.41, 5.74) is 2.38. The van der Waals surface area contributed by atoms with Crippen LogP contribution >= 0.6 is 0 Å². The van der Waals surface area contributed by atoms with E-state index in [2.05, 4.69) is 15.3 Å². The molecule has 1 atom stereocenters. The van der Waals surface area contributed by atoms with Gasteiger partial charge >= 0.3 is 0 Å². The second-order valence-corrected chi connectivity index (χ2v) is 7.09. The molecule has 0 saturated carbocycles. The predicted molar refractivity (Wildman–Crippen MR) is 104 cm³/mol. The molecule has 4 aromatic rings. The number of benzene rings is 1. The van der Waals surface area contributed by atoms with Gasteiger partial charge < -0.3 is 4.90 Å². The standard InChI is InChI=1S/C21H20N6O/c28-21(17-13-22-27(15-17)18-8-2-1-3-9-18)25-11-6-7-16(14-25)20-24-23-19-10-4-5-12-26(19)20/h1-5,8-10,12-13,15-16H,6-7,11,14H2/t16-/m1/s1. The van der Waals surface area contributed by atoms with Crippen molar-refractivity contribution in [1.82, 2.24) is 29.3 Å².